The zero-order chi connectivity index (χ0) is 13.5. The van der Waals surface area contributed by atoms with E-state index in [0.29, 0.717) is 12.2 Å². The molecular weight excluding hydrogens is 228 g/mol. The molecule has 18 heavy (non-hydrogen) atoms. The van der Waals surface area contributed by atoms with Gasteiger partial charge in [0, 0.05) is 12.0 Å². The fraction of sp³-hybridized carbons (Fsp3) is 0.533. The SMILES string of the molecule is Cc1c(C)c2c(c(C)c1O)CCC(C)(CC=O)O2. The van der Waals surface area contributed by atoms with Crippen LogP contribution in [-0.4, -0.2) is 17.0 Å². The van der Waals surface area contributed by atoms with Gasteiger partial charge in [-0.3, -0.25) is 0 Å². The molecule has 0 radical (unpaired) electrons. The first-order valence-corrected chi connectivity index (χ1v) is 6.34. The molecule has 1 aliphatic heterocycles. The quantitative estimate of drug-likeness (QED) is 0.818. The van der Waals surface area contributed by atoms with Gasteiger partial charge < -0.3 is 14.6 Å². The first-order chi connectivity index (χ1) is 8.39. The van der Waals surface area contributed by atoms with Crippen molar-refractivity contribution in [2.24, 2.45) is 0 Å². The van der Waals surface area contributed by atoms with E-state index in [9.17, 15) is 9.90 Å². The van der Waals surface area contributed by atoms with Crippen LogP contribution in [0, 0.1) is 20.8 Å². The van der Waals surface area contributed by atoms with Crippen LogP contribution >= 0.6 is 0 Å². The van der Waals surface area contributed by atoms with Gasteiger partial charge in [-0.05, 0) is 57.2 Å². The molecule has 0 fully saturated rings. The first-order valence-electron chi connectivity index (χ1n) is 6.34. The van der Waals surface area contributed by atoms with E-state index in [1.807, 2.05) is 27.7 Å². The Hall–Kier alpha value is -1.51. The molecule has 0 amide bonds. The Morgan fingerprint density at radius 2 is 1.94 bits per heavy atom. The normalized spacial score (nSPS) is 22.2. The molecule has 1 heterocycles. The Balaban J connectivity index is 2.53. The molecular formula is C15H20O3. The van der Waals surface area contributed by atoms with Gasteiger partial charge in [-0.2, -0.15) is 0 Å². The van der Waals surface area contributed by atoms with E-state index in [0.717, 1.165) is 47.1 Å². The van der Waals surface area contributed by atoms with Crippen LogP contribution in [0.5, 0.6) is 11.5 Å². The Morgan fingerprint density at radius 1 is 1.28 bits per heavy atom. The molecule has 1 atom stereocenters. The number of carbonyl (C=O) groups excluding carboxylic acids is 1. The topological polar surface area (TPSA) is 46.5 Å². The summed E-state index contributed by atoms with van der Waals surface area (Å²) < 4.78 is 6.06. The number of phenolic OH excluding ortho intramolecular Hbond substituents is 1. The number of hydrogen-bond donors (Lipinski definition) is 1. The lowest BCUT2D eigenvalue weighted by Crippen LogP contribution is -2.37. The summed E-state index contributed by atoms with van der Waals surface area (Å²) in [4.78, 5) is 10.7. The van der Waals surface area contributed by atoms with Crippen LogP contribution in [0.15, 0.2) is 0 Å². The summed E-state index contributed by atoms with van der Waals surface area (Å²) in [6.07, 6.45) is 2.98. The number of ether oxygens (including phenoxy) is 1. The molecule has 0 aliphatic carbocycles. The maximum Gasteiger partial charge on any atom is 0.127 e. The van der Waals surface area contributed by atoms with E-state index < -0.39 is 5.60 Å². The summed E-state index contributed by atoms with van der Waals surface area (Å²) in [7, 11) is 0. The van der Waals surface area contributed by atoms with Crippen molar-refractivity contribution in [2.45, 2.75) is 52.6 Å². The average Bonchev–Trinajstić information content (AvgIpc) is 2.34. The van der Waals surface area contributed by atoms with Crippen molar-refractivity contribution in [1.29, 1.82) is 0 Å². The molecule has 1 N–H and O–H groups in total. The number of carbonyl (C=O) groups is 1. The van der Waals surface area contributed by atoms with Crippen LogP contribution in [0.2, 0.25) is 0 Å². The fourth-order valence-corrected chi connectivity index (χ4v) is 2.61. The van der Waals surface area contributed by atoms with Crippen molar-refractivity contribution in [3.8, 4) is 11.5 Å². The number of phenols is 1. The molecule has 98 valence electrons. The largest absolute Gasteiger partial charge is 0.507 e. The van der Waals surface area contributed by atoms with Crippen LogP contribution in [0.3, 0.4) is 0 Å². The minimum absolute atomic E-state index is 0.369. The Morgan fingerprint density at radius 3 is 2.56 bits per heavy atom. The summed E-state index contributed by atoms with van der Waals surface area (Å²) >= 11 is 0. The zero-order valence-corrected chi connectivity index (χ0v) is 11.5. The first kappa shape index (κ1) is 12.9. The number of hydrogen-bond acceptors (Lipinski definition) is 3. The number of fused-ring (bicyclic) bond motifs is 1. The van der Waals surface area contributed by atoms with E-state index in [2.05, 4.69) is 0 Å². The molecule has 0 saturated carbocycles. The summed E-state index contributed by atoms with van der Waals surface area (Å²) in [6, 6.07) is 0. The zero-order valence-electron chi connectivity index (χ0n) is 11.5. The van der Waals surface area contributed by atoms with Crippen LogP contribution in [0.4, 0.5) is 0 Å². The van der Waals surface area contributed by atoms with Crippen LogP contribution in [0.25, 0.3) is 0 Å². The average molecular weight is 248 g/mol. The van der Waals surface area contributed by atoms with E-state index in [1.54, 1.807) is 0 Å². The predicted octanol–water partition coefficient (Wildman–Crippen LogP) is 2.99. The minimum Gasteiger partial charge on any atom is -0.507 e. The molecule has 0 saturated heterocycles. The van der Waals surface area contributed by atoms with Gasteiger partial charge in [0.15, 0.2) is 0 Å². The van der Waals surface area contributed by atoms with E-state index >= 15 is 0 Å². The minimum atomic E-state index is -0.407. The molecule has 0 spiro atoms. The molecule has 1 aliphatic rings. The Kier molecular flexibility index (Phi) is 3.09. The highest BCUT2D eigenvalue weighted by Gasteiger charge is 2.34. The second-order valence-corrected chi connectivity index (χ2v) is 5.45. The highest BCUT2D eigenvalue weighted by Crippen LogP contribution is 2.43. The van der Waals surface area contributed by atoms with Gasteiger partial charge in [0.2, 0.25) is 0 Å². The predicted molar refractivity (Wildman–Crippen MR) is 70.4 cm³/mol. The van der Waals surface area contributed by atoms with E-state index in [1.165, 1.54) is 0 Å². The highest BCUT2D eigenvalue weighted by atomic mass is 16.5. The van der Waals surface area contributed by atoms with Gasteiger partial charge in [0.1, 0.15) is 23.4 Å². The van der Waals surface area contributed by atoms with E-state index in [4.69, 9.17) is 4.74 Å². The van der Waals surface area contributed by atoms with Crippen molar-refractivity contribution >= 4 is 6.29 Å². The van der Waals surface area contributed by atoms with Gasteiger partial charge in [-0.15, -0.1) is 0 Å². The molecule has 3 nitrogen and oxygen atoms in total. The van der Waals surface area contributed by atoms with Crippen molar-refractivity contribution < 1.29 is 14.6 Å². The molecule has 0 aromatic heterocycles. The maximum atomic E-state index is 10.7. The van der Waals surface area contributed by atoms with Crippen LogP contribution in [0.1, 0.15) is 42.0 Å². The van der Waals surface area contributed by atoms with E-state index in [-0.39, 0.29) is 0 Å². The smallest absolute Gasteiger partial charge is 0.127 e. The van der Waals surface area contributed by atoms with Gasteiger partial charge in [0.05, 0.1) is 0 Å². The van der Waals surface area contributed by atoms with Crippen LogP contribution in [-0.2, 0) is 11.2 Å². The Labute approximate surface area is 108 Å². The highest BCUT2D eigenvalue weighted by molar-refractivity contribution is 5.59. The van der Waals surface area contributed by atoms with Crippen molar-refractivity contribution in [1.82, 2.24) is 0 Å². The molecule has 1 aromatic carbocycles. The molecule has 1 aromatic rings. The molecule has 2 rings (SSSR count). The summed E-state index contributed by atoms with van der Waals surface area (Å²) in [6.45, 7) is 7.75. The third-order valence-electron chi connectivity index (χ3n) is 4.11. The van der Waals surface area contributed by atoms with Crippen molar-refractivity contribution in [2.75, 3.05) is 0 Å². The standard InChI is InChI=1S/C15H20O3/c1-9-10(2)14-12(11(3)13(9)17)5-6-15(4,18-14)7-8-16/h8,17H,5-7H2,1-4H3. The lowest BCUT2D eigenvalue weighted by atomic mass is 9.86. The number of rotatable bonds is 2. The van der Waals surface area contributed by atoms with Crippen molar-refractivity contribution in [3.63, 3.8) is 0 Å². The number of aldehydes is 1. The summed E-state index contributed by atoms with van der Waals surface area (Å²) in [5, 5.41) is 10.1. The monoisotopic (exact) mass is 248 g/mol. The van der Waals surface area contributed by atoms with Gasteiger partial charge in [0.25, 0.3) is 0 Å². The maximum absolute atomic E-state index is 10.7. The third kappa shape index (κ3) is 1.88. The molecule has 1 unspecified atom stereocenters. The summed E-state index contributed by atoms with van der Waals surface area (Å²) in [5.74, 6) is 1.23. The lowest BCUT2D eigenvalue weighted by Gasteiger charge is -2.36. The van der Waals surface area contributed by atoms with Gasteiger partial charge in [-0.1, -0.05) is 0 Å². The number of aromatic hydroxyl groups is 1. The van der Waals surface area contributed by atoms with Gasteiger partial charge in [-0.25, -0.2) is 0 Å². The number of benzene rings is 1. The second kappa shape index (κ2) is 4.30. The molecule has 3 heteroatoms. The van der Waals surface area contributed by atoms with Crippen LogP contribution < -0.4 is 4.74 Å². The third-order valence-corrected chi connectivity index (χ3v) is 4.11. The molecule has 0 bridgehead atoms. The van der Waals surface area contributed by atoms with Crippen molar-refractivity contribution in [3.05, 3.63) is 22.3 Å². The van der Waals surface area contributed by atoms with Gasteiger partial charge >= 0.3 is 0 Å². The second-order valence-electron chi connectivity index (χ2n) is 5.45. The lowest BCUT2D eigenvalue weighted by molar-refractivity contribution is -0.111. The summed E-state index contributed by atoms with van der Waals surface area (Å²) in [5.41, 5.74) is 3.42. The fourth-order valence-electron chi connectivity index (χ4n) is 2.61. The Bertz CT molecular complexity index is 505.